The normalized spacial score (nSPS) is 17.8. The summed E-state index contributed by atoms with van der Waals surface area (Å²) >= 11 is 0. The van der Waals surface area contributed by atoms with E-state index in [0.717, 1.165) is 19.0 Å². The van der Waals surface area contributed by atoms with Gasteiger partial charge in [-0.25, -0.2) is 4.98 Å². The number of carbonyl (C=O) groups excluding carboxylic acids is 1. The van der Waals surface area contributed by atoms with Gasteiger partial charge in [-0.3, -0.25) is 4.79 Å². The Bertz CT molecular complexity index is 1320. The predicted molar refractivity (Wildman–Crippen MR) is 125 cm³/mol. The monoisotopic (exact) mass is 503 g/mol. The lowest BCUT2D eigenvalue weighted by atomic mass is 10.1. The van der Waals surface area contributed by atoms with Crippen molar-refractivity contribution in [1.29, 1.82) is 0 Å². The summed E-state index contributed by atoms with van der Waals surface area (Å²) in [6.07, 6.45) is -1.78. The van der Waals surface area contributed by atoms with Crippen molar-refractivity contribution in [3.63, 3.8) is 0 Å². The number of anilines is 3. The number of hydrogen-bond donors (Lipinski definition) is 3. The number of H-pyrrole nitrogens is 1. The number of carbonyl (C=O) groups is 1. The van der Waals surface area contributed by atoms with Crippen molar-refractivity contribution >= 4 is 34.1 Å². The van der Waals surface area contributed by atoms with Gasteiger partial charge in [-0.1, -0.05) is 0 Å². The minimum Gasteiger partial charge on any atom is -0.485 e. The second-order valence-corrected chi connectivity index (χ2v) is 8.94. The molecule has 1 saturated carbocycles. The van der Waals surface area contributed by atoms with Crippen LogP contribution in [0.15, 0.2) is 24.4 Å². The van der Waals surface area contributed by atoms with Crippen molar-refractivity contribution < 1.29 is 32.2 Å². The maximum Gasteiger partial charge on any atom is 0.418 e. The van der Waals surface area contributed by atoms with Gasteiger partial charge in [-0.2, -0.15) is 13.2 Å². The van der Waals surface area contributed by atoms with Crippen LogP contribution in [0.2, 0.25) is 0 Å². The second kappa shape index (κ2) is 8.77. The molecule has 3 aromatic rings. The third-order valence-electron chi connectivity index (χ3n) is 6.36. The van der Waals surface area contributed by atoms with E-state index >= 15 is 0 Å². The van der Waals surface area contributed by atoms with Crippen LogP contribution in [0.4, 0.5) is 30.4 Å². The zero-order valence-corrected chi connectivity index (χ0v) is 19.2. The van der Waals surface area contributed by atoms with Crippen LogP contribution < -0.4 is 20.1 Å². The van der Waals surface area contributed by atoms with E-state index in [4.69, 9.17) is 14.2 Å². The summed E-state index contributed by atoms with van der Waals surface area (Å²) < 4.78 is 57.8. The number of ether oxygens (including phenoxy) is 3. The van der Waals surface area contributed by atoms with E-state index in [-0.39, 0.29) is 23.0 Å². The minimum atomic E-state index is -4.51. The summed E-state index contributed by atoms with van der Waals surface area (Å²) in [6, 6.07) is 5.05. The maximum atomic E-state index is 13.6. The Kier molecular flexibility index (Phi) is 5.55. The summed E-state index contributed by atoms with van der Waals surface area (Å²) in [6.45, 7) is 2.53. The molecule has 0 unspecified atom stereocenters. The number of aromatic amines is 1. The molecule has 1 amide bonds. The van der Waals surface area contributed by atoms with Crippen molar-refractivity contribution in [3.05, 3.63) is 35.5 Å². The number of aromatic nitrogens is 2. The topological polar surface area (TPSA) is 101 Å². The number of rotatable bonds is 5. The third kappa shape index (κ3) is 4.25. The number of morpholine rings is 1. The van der Waals surface area contributed by atoms with Crippen LogP contribution in [-0.2, 0) is 10.9 Å². The molecule has 0 spiro atoms. The van der Waals surface area contributed by atoms with Gasteiger partial charge in [0, 0.05) is 37.1 Å². The number of alkyl halides is 3. The fourth-order valence-electron chi connectivity index (χ4n) is 4.46. The van der Waals surface area contributed by atoms with Crippen LogP contribution in [-0.4, -0.2) is 66.3 Å². The first-order valence-electron chi connectivity index (χ1n) is 11.8. The molecule has 1 aromatic carbocycles. The quantitative estimate of drug-likeness (QED) is 0.481. The molecule has 190 valence electrons. The number of nitrogens with one attached hydrogen (secondary N) is 3. The molecule has 4 heterocycles. The van der Waals surface area contributed by atoms with E-state index in [1.165, 1.54) is 0 Å². The zero-order chi connectivity index (χ0) is 24.9. The van der Waals surface area contributed by atoms with E-state index in [0.29, 0.717) is 73.8 Å². The minimum absolute atomic E-state index is 0.00742. The van der Waals surface area contributed by atoms with Crippen LogP contribution in [0, 0.1) is 0 Å². The van der Waals surface area contributed by atoms with Crippen LogP contribution in [0.3, 0.4) is 0 Å². The zero-order valence-electron chi connectivity index (χ0n) is 19.2. The van der Waals surface area contributed by atoms with E-state index in [2.05, 4.69) is 20.6 Å². The Hall–Kier alpha value is -3.67. The van der Waals surface area contributed by atoms with Crippen molar-refractivity contribution in [3.8, 4) is 11.5 Å². The number of amides is 1. The predicted octanol–water partition coefficient (Wildman–Crippen LogP) is 4.14. The van der Waals surface area contributed by atoms with Crippen LogP contribution in [0.5, 0.6) is 11.5 Å². The Balaban J connectivity index is 1.36. The fraction of sp³-hybridized carbons (Fsp3) is 0.417. The molecule has 1 saturated heterocycles. The molecule has 36 heavy (non-hydrogen) atoms. The third-order valence-corrected chi connectivity index (χ3v) is 6.36. The average molecular weight is 503 g/mol. The smallest absolute Gasteiger partial charge is 0.418 e. The standard InChI is InChI=1S/C24H24F3N5O4/c25-24(26,27)15-12-28-22-19(15)17(29-13-1-2-13)11-18(31-22)30-16-4-3-14(20-21(16)36-10-9-35-20)23(33)32-5-7-34-8-6-32/h3-4,11-13H,1-2,5-10H2,(H3,28,29,30,31). The lowest BCUT2D eigenvalue weighted by Crippen LogP contribution is -2.41. The molecular formula is C24H24F3N5O4. The SMILES string of the molecule is O=C(c1ccc(Nc2cc(NC3CC3)c3c(C(F)(F)F)c[nH]c3n2)c2c1OCCO2)N1CCOCC1. The molecule has 3 aliphatic rings. The molecule has 9 nitrogen and oxygen atoms in total. The van der Waals surface area contributed by atoms with Gasteiger partial charge in [0.25, 0.3) is 5.91 Å². The highest BCUT2D eigenvalue weighted by Crippen LogP contribution is 2.44. The van der Waals surface area contributed by atoms with Crippen LogP contribution in [0.25, 0.3) is 11.0 Å². The molecule has 1 aliphatic carbocycles. The Morgan fingerprint density at radius 1 is 1.06 bits per heavy atom. The molecule has 2 aromatic heterocycles. The molecule has 6 rings (SSSR count). The first-order chi connectivity index (χ1) is 17.4. The Morgan fingerprint density at radius 3 is 2.53 bits per heavy atom. The van der Waals surface area contributed by atoms with Gasteiger partial charge in [0.05, 0.1) is 35.4 Å². The molecule has 12 heteroatoms. The highest BCUT2D eigenvalue weighted by Gasteiger charge is 2.36. The average Bonchev–Trinajstić information content (AvgIpc) is 3.58. The Morgan fingerprint density at radius 2 is 1.81 bits per heavy atom. The summed E-state index contributed by atoms with van der Waals surface area (Å²) in [5, 5.41) is 6.35. The first-order valence-corrected chi connectivity index (χ1v) is 11.8. The molecule has 0 bridgehead atoms. The van der Waals surface area contributed by atoms with Gasteiger partial charge in [-0.15, -0.1) is 0 Å². The Labute approximate surface area is 203 Å². The molecule has 2 fully saturated rings. The molecule has 0 atom stereocenters. The van der Waals surface area contributed by atoms with Crippen molar-refractivity contribution in [2.75, 3.05) is 50.2 Å². The number of hydrogen-bond acceptors (Lipinski definition) is 7. The van der Waals surface area contributed by atoms with Crippen LogP contribution >= 0.6 is 0 Å². The van der Waals surface area contributed by atoms with E-state index in [1.54, 1.807) is 23.1 Å². The summed E-state index contributed by atoms with van der Waals surface area (Å²) in [5.41, 5.74) is 0.579. The summed E-state index contributed by atoms with van der Waals surface area (Å²) in [5.74, 6) is 0.846. The van der Waals surface area contributed by atoms with Gasteiger partial charge in [-0.05, 0) is 25.0 Å². The van der Waals surface area contributed by atoms with Gasteiger partial charge < -0.3 is 34.7 Å². The lowest BCUT2D eigenvalue weighted by Gasteiger charge is -2.29. The largest absolute Gasteiger partial charge is 0.485 e. The molecular weight excluding hydrogens is 479 g/mol. The first kappa shape index (κ1) is 22.8. The fourth-order valence-corrected chi connectivity index (χ4v) is 4.46. The lowest BCUT2D eigenvalue weighted by molar-refractivity contribution is -0.136. The number of nitrogens with zero attached hydrogens (tertiary/aromatic N) is 2. The van der Waals surface area contributed by atoms with Gasteiger partial charge >= 0.3 is 6.18 Å². The maximum absolute atomic E-state index is 13.6. The summed E-state index contributed by atoms with van der Waals surface area (Å²) in [7, 11) is 0. The highest BCUT2D eigenvalue weighted by atomic mass is 19.4. The summed E-state index contributed by atoms with van der Waals surface area (Å²) in [4.78, 5) is 21.9. The van der Waals surface area contributed by atoms with Crippen molar-refractivity contribution in [2.24, 2.45) is 0 Å². The van der Waals surface area contributed by atoms with E-state index in [1.807, 2.05) is 0 Å². The number of pyridine rings is 1. The van der Waals surface area contributed by atoms with Crippen molar-refractivity contribution in [1.82, 2.24) is 14.9 Å². The number of fused-ring (bicyclic) bond motifs is 2. The van der Waals surface area contributed by atoms with Gasteiger partial charge in [0.1, 0.15) is 24.7 Å². The highest BCUT2D eigenvalue weighted by molar-refractivity contribution is 6.00. The van der Waals surface area contributed by atoms with Gasteiger partial charge in [0.15, 0.2) is 11.5 Å². The van der Waals surface area contributed by atoms with Crippen LogP contribution in [0.1, 0.15) is 28.8 Å². The van der Waals surface area contributed by atoms with Crippen molar-refractivity contribution in [2.45, 2.75) is 25.1 Å². The number of halogens is 3. The number of benzene rings is 1. The van der Waals surface area contributed by atoms with Gasteiger partial charge in [0.2, 0.25) is 0 Å². The molecule has 3 N–H and O–H groups in total. The molecule has 2 aliphatic heterocycles. The molecule has 0 radical (unpaired) electrons. The van der Waals surface area contributed by atoms with E-state index < -0.39 is 11.7 Å². The van der Waals surface area contributed by atoms with E-state index in [9.17, 15) is 18.0 Å². The second-order valence-electron chi connectivity index (χ2n) is 8.94.